The molecule has 0 aromatic heterocycles. The van der Waals surface area contributed by atoms with Crippen molar-refractivity contribution in [1.82, 2.24) is 9.21 Å². The zero-order valence-corrected chi connectivity index (χ0v) is 15.8. The number of nitrogens with zero attached hydrogens (tertiary/aromatic N) is 2. The Balaban J connectivity index is 1.73. The first-order valence-electron chi connectivity index (χ1n) is 8.24. The van der Waals surface area contributed by atoms with E-state index in [1.807, 2.05) is 31.2 Å². The predicted molar refractivity (Wildman–Crippen MR) is 96.6 cm³/mol. The molecule has 1 aliphatic rings. The molecule has 1 fully saturated rings. The van der Waals surface area contributed by atoms with Crippen molar-refractivity contribution in [3.8, 4) is 0 Å². The van der Waals surface area contributed by atoms with Gasteiger partial charge >= 0.3 is 0 Å². The van der Waals surface area contributed by atoms with Crippen LogP contribution in [-0.4, -0.2) is 43.8 Å². The third kappa shape index (κ3) is 3.76. The van der Waals surface area contributed by atoms with Crippen molar-refractivity contribution >= 4 is 21.6 Å². The van der Waals surface area contributed by atoms with E-state index in [9.17, 15) is 17.2 Å². The molecule has 8 heteroatoms. The van der Waals surface area contributed by atoms with Crippen molar-refractivity contribution in [3.05, 3.63) is 64.7 Å². The second-order valence-corrected chi connectivity index (χ2v) is 8.53. The monoisotopic (exact) mass is 400 g/mol. The fraction of sp³-hybridized carbons (Fsp3) is 0.333. The molecule has 2 aromatic carbocycles. The number of benzene rings is 2. The summed E-state index contributed by atoms with van der Waals surface area (Å²) in [4.78, 5) is 1.64. The van der Waals surface area contributed by atoms with Crippen molar-refractivity contribution in [2.45, 2.75) is 17.9 Å². The molecule has 0 radical (unpaired) electrons. The Kier molecular flexibility index (Phi) is 5.62. The van der Waals surface area contributed by atoms with Gasteiger partial charge in [-0.15, -0.1) is 0 Å². The van der Waals surface area contributed by atoms with E-state index in [1.165, 1.54) is 4.31 Å². The molecule has 0 bridgehead atoms. The molecule has 0 aliphatic carbocycles. The summed E-state index contributed by atoms with van der Waals surface area (Å²) in [6, 6.07) is 10.1. The molecule has 0 amide bonds. The molecule has 0 saturated carbocycles. The number of piperazine rings is 1. The summed E-state index contributed by atoms with van der Waals surface area (Å²) >= 11 is 6.24. The second kappa shape index (κ2) is 7.60. The summed E-state index contributed by atoms with van der Waals surface area (Å²) in [6.07, 6.45) is 0. The van der Waals surface area contributed by atoms with Gasteiger partial charge in [-0.1, -0.05) is 29.8 Å². The van der Waals surface area contributed by atoms with Gasteiger partial charge in [0.15, 0.2) is 0 Å². The molecule has 1 saturated heterocycles. The highest BCUT2D eigenvalue weighted by molar-refractivity contribution is 7.89. The van der Waals surface area contributed by atoms with Crippen LogP contribution in [0.15, 0.2) is 47.4 Å². The number of halogens is 3. The third-order valence-corrected chi connectivity index (χ3v) is 6.96. The first-order valence-corrected chi connectivity index (χ1v) is 10.1. The summed E-state index contributed by atoms with van der Waals surface area (Å²) in [5, 5.41) is 0.670. The Morgan fingerprint density at radius 2 is 1.69 bits per heavy atom. The highest BCUT2D eigenvalue weighted by Gasteiger charge is 2.32. The van der Waals surface area contributed by atoms with Gasteiger partial charge in [-0.3, -0.25) is 4.90 Å². The Bertz CT molecular complexity index is 900. The van der Waals surface area contributed by atoms with Crippen molar-refractivity contribution in [3.63, 3.8) is 0 Å². The smallest absolute Gasteiger partial charge is 0.246 e. The molecule has 3 rings (SSSR count). The van der Waals surface area contributed by atoms with E-state index >= 15 is 0 Å². The lowest BCUT2D eigenvalue weighted by Gasteiger charge is -2.37. The molecular weight excluding hydrogens is 382 g/mol. The molecule has 140 valence electrons. The maximum Gasteiger partial charge on any atom is 0.246 e. The summed E-state index contributed by atoms with van der Waals surface area (Å²) < 4.78 is 53.5. The number of hydrogen-bond donors (Lipinski definition) is 0. The standard InChI is InChI=1S/C18H19ClF2N2O2S/c1-13(15-4-2-3-5-16(15)19)22-8-10-23(11-9-22)26(24,25)18-7-6-14(20)12-17(18)21/h2-7,12-13H,8-11H2,1H3/t13-/m1/s1. The van der Waals surface area contributed by atoms with Crippen molar-refractivity contribution in [2.24, 2.45) is 0 Å². The lowest BCUT2D eigenvalue weighted by atomic mass is 10.1. The molecule has 26 heavy (non-hydrogen) atoms. The first-order chi connectivity index (χ1) is 12.3. The summed E-state index contributed by atoms with van der Waals surface area (Å²) in [7, 11) is -3.99. The normalized spacial score (nSPS) is 18.0. The number of hydrogen-bond acceptors (Lipinski definition) is 3. The zero-order chi connectivity index (χ0) is 18.9. The first kappa shape index (κ1) is 19.2. The van der Waals surface area contributed by atoms with Gasteiger partial charge in [-0.2, -0.15) is 4.31 Å². The van der Waals surface area contributed by atoms with Crippen molar-refractivity contribution in [2.75, 3.05) is 26.2 Å². The van der Waals surface area contributed by atoms with E-state index in [0.29, 0.717) is 24.2 Å². The van der Waals surface area contributed by atoms with Gasteiger partial charge in [0.1, 0.15) is 16.5 Å². The summed E-state index contributed by atoms with van der Waals surface area (Å²) in [5.41, 5.74) is 0.982. The van der Waals surface area contributed by atoms with Gasteiger partial charge in [0.25, 0.3) is 0 Å². The van der Waals surface area contributed by atoms with E-state index in [-0.39, 0.29) is 19.1 Å². The minimum Gasteiger partial charge on any atom is -0.294 e. The largest absolute Gasteiger partial charge is 0.294 e. The fourth-order valence-electron chi connectivity index (χ4n) is 3.17. The fourth-order valence-corrected chi connectivity index (χ4v) is 4.93. The van der Waals surface area contributed by atoms with Crippen LogP contribution in [0.1, 0.15) is 18.5 Å². The van der Waals surface area contributed by atoms with Gasteiger partial charge in [-0.05, 0) is 30.7 Å². The minimum atomic E-state index is -3.99. The molecule has 0 N–H and O–H groups in total. The summed E-state index contributed by atoms with van der Waals surface area (Å²) in [5.74, 6) is -1.88. The van der Waals surface area contributed by atoms with Crippen molar-refractivity contribution in [1.29, 1.82) is 0 Å². The lowest BCUT2D eigenvalue weighted by molar-refractivity contribution is 0.145. The van der Waals surface area contributed by atoms with Crippen LogP contribution in [0.5, 0.6) is 0 Å². The van der Waals surface area contributed by atoms with Crippen LogP contribution in [0.2, 0.25) is 5.02 Å². The zero-order valence-electron chi connectivity index (χ0n) is 14.2. The van der Waals surface area contributed by atoms with E-state index < -0.39 is 26.6 Å². The van der Waals surface area contributed by atoms with Crippen LogP contribution >= 0.6 is 11.6 Å². The van der Waals surface area contributed by atoms with Gasteiger partial charge < -0.3 is 0 Å². The Labute approximate surface area is 157 Å². The van der Waals surface area contributed by atoms with E-state index in [0.717, 1.165) is 17.7 Å². The molecule has 4 nitrogen and oxygen atoms in total. The molecular formula is C18H19ClF2N2O2S. The second-order valence-electron chi connectivity index (χ2n) is 6.21. The Morgan fingerprint density at radius 3 is 2.31 bits per heavy atom. The van der Waals surface area contributed by atoms with Crippen molar-refractivity contribution < 1.29 is 17.2 Å². The predicted octanol–water partition coefficient (Wildman–Crippen LogP) is 3.69. The average Bonchev–Trinajstić information content (AvgIpc) is 2.61. The number of sulfonamides is 1. The van der Waals surface area contributed by atoms with Gasteiger partial charge in [-0.25, -0.2) is 17.2 Å². The van der Waals surface area contributed by atoms with Crippen LogP contribution in [-0.2, 0) is 10.0 Å². The van der Waals surface area contributed by atoms with Crippen LogP contribution < -0.4 is 0 Å². The van der Waals surface area contributed by atoms with E-state index in [1.54, 1.807) is 0 Å². The topological polar surface area (TPSA) is 40.6 Å². The molecule has 0 spiro atoms. The third-order valence-electron chi connectivity index (χ3n) is 4.69. The van der Waals surface area contributed by atoms with Crippen LogP contribution in [0, 0.1) is 11.6 Å². The minimum absolute atomic E-state index is 0.0381. The van der Waals surface area contributed by atoms with E-state index in [2.05, 4.69) is 4.90 Å². The van der Waals surface area contributed by atoms with Gasteiger partial charge in [0, 0.05) is 43.3 Å². The molecule has 1 atom stereocenters. The highest BCUT2D eigenvalue weighted by Crippen LogP contribution is 2.29. The number of rotatable bonds is 4. The maximum atomic E-state index is 13.9. The maximum absolute atomic E-state index is 13.9. The van der Waals surface area contributed by atoms with Crippen LogP contribution in [0.25, 0.3) is 0 Å². The van der Waals surface area contributed by atoms with Crippen LogP contribution in [0.4, 0.5) is 8.78 Å². The molecule has 1 heterocycles. The SMILES string of the molecule is C[C@H](c1ccccc1Cl)N1CCN(S(=O)(=O)c2ccc(F)cc2F)CC1. The molecule has 1 aliphatic heterocycles. The average molecular weight is 401 g/mol. The Hall–Kier alpha value is -1.54. The van der Waals surface area contributed by atoms with Crippen LogP contribution in [0.3, 0.4) is 0 Å². The summed E-state index contributed by atoms with van der Waals surface area (Å²) in [6.45, 7) is 3.47. The van der Waals surface area contributed by atoms with E-state index in [4.69, 9.17) is 11.6 Å². The lowest BCUT2D eigenvalue weighted by Crippen LogP contribution is -2.49. The highest BCUT2D eigenvalue weighted by atomic mass is 35.5. The van der Waals surface area contributed by atoms with Gasteiger partial charge in [0.05, 0.1) is 0 Å². The molecule has 0 unspecified atom stereocenters. The van der Waals surface area contributed by atoms with Gasteiger partial charge in [0.2, 0.25) is 10.0 Å². The Morgan fingerprint density at radius 1 is 1.04 bits per heavy atom. The molecule has 2 aromatic rings. The quantitative estimate of drug-likeness (QED) is 0.786.